The number of benzene rings is 2. The maximum absolute atomic E-state index is 14.5. The van der Waals surface area contributed by atoms with Gasteiger partial charge < -0.3 is 80.2 Å². The molecule has 78 heavy (non-hydrogen) atoms. The number of nitrogens with one attached hydrogen (secondary N) is 8. The zero-order valence-corrected chi connectivity index (χ0v) is 46.1. The molecule has 0 aliphatic heterocycles. The molecule has 2 aromatic rings. The van der Waals surface area contributed by atoms with Gasteiger partial charge in [-0.1, -0.05) is 104 Å². The highest BCUT2D eigenvalue weighted by Crippen LogP contribution is 2.15. The number of guanidine groups is 1. The minimum atomic E-state index is -1.73. The van der Waals surface area contributed by atoms with Crippen molar-refractivity contribution in [3.05, 3.63) is 65.7 Å². The van der Waals surface area contributed by atoms with Gasteiger partial charge in [0.25, 0.3) is 0 Å². The Bertz CT molecular complexity index is 2330. The maximum atomic E-state index is 14.5. The van der Waals surface area contributed by atoms with Crippen molar-refractivity contribution in [1.29, 1.82) is 0 Å². The molecule has 0 aliphatic rings. The van der Waals surface area contributed by atoms with Crippen LogP contribution in [0.5, 0.6) is 5.75 Å². The fourth-order valence-corrected chi connectivity index (χ4v) is 7.94. The molecule has 0 saturated heterocycles. The van der Waals surface area contributed by atoms with Crippen LogP contribution in [0.3, 0.4) is 0 Å². The van der Waals surface area contributed by atoms with Gasteiger partial charge in [-0.2, -0.15) is 0 Å². The lowest BCUT2D eigenvalue weighted by molar-refractivity contribution is -0.144. The normalized spacial score (nSPS) is 15.5. The third-order valence-electron chi connectivity index (χ3n) is 12.7. The average molecular weight is 1100 g/mol. The number of nitrogens with two attached hydrogens (primary N) is 3. The van der Waals surface area contributed by atoms with E-state index in [9.17, 15) is 63.6 Å². The van der Waals surface area contributed by atoms with Crippen molar-refractivity contribution in [2.24, 2.45) is 45.9 Å². The van der Waals surface area contributed by atoms with Gasteiger partial charge in [-0.3, -0.25) is 43.3 Å². The van der Waals surface area contributed by atoms with E-state index in [2.05, 4.69) is 47.5 Å². The molecule has 434 valence electrons. The van der Waals surface area contributed by atoms with Crippen molar-refractivity contribution in [2.75, 3.05) is 13.2 Å². The van der Waals surface area contributed by atoms with Gasteiger partial charge in [-0.25, -0.2) is 4.79 Å². The summed E-state index contributed by atoms with van der Waals surface area (Å²) in [6.45, 7) is 13.6. The van der Waals surface area contributed by atoms with Gasteiger partial charge in [0.15, 0.2) is 5.96 Å². The summed E-state index contributed by atoms with van der Waals surface area (Å²) in [5, 5.41) is 60.2. The van der Waals surface area contributed by atoms with Crippen molar-refractivity contribution in [1.82, 2.24) is 42.5 Å². The predicted molar refractivity (Wildman–Crippen MR) is 290 cm³/mol. The summed E-state index contributed by atoms with van der Waals surface area (Å²) in [7, 11) is 0. The van der Waals surface area contributed by atoms with Crippen LogP contribution in [-0.4, -0.2) is 153 Å². The van der Waals surface area contributed by atoms with Crippen LogP contribution in [0.4, 0.5) is 0 Å². The van der Waals surface area contributed by atoms with E-state index in [4.69, 9.17) is 17.2 Å². The molecule has 25 nitrogen and oxygen atoms in total. The van der Waals surface area contributed by atoms with Crippen molar-refractivity contribution in [2.45, 2.75) is 161 Å². The smallest absolute Gasteiger partial charge is 0.326 e. The van der Waals surface area contributed by atoms with E-state index >= 15 is 0 Å². The number of hydrogen-bond acceptors (Lipinski definition) is 14. The van der Waals surface area contributed by atoms with Crippen molar-refractivity contribution < 1.29 is 63.6 Å². The molecular formula is C53H84N12O13. The quantitative estimate of drug-likeness (QED) is 0.0215. The molecule has 25 heteroatoms. The number of rotatable bonds is 33. The van der Waals surface area contributed by atoms with Crippen molar-refractivity contribution >= 4 is 59.2 Å². The SMILES string of the molecule is CC[C@H](C)[C@H](NC(=O)[C@H](CCCN=C(N)N)NC(=O)[C@H](Cc1ccccc1)NC(=O)[C@H](CC(C)C)NC(=O)[C@@H](N)Cc1ccc(O)cc1)C(=O)N[C@H](C(=O)N[C@@H](CO)C(=O)N[C@H](C(=O)N[C@H](C(=O)O)C(C)C)[C@@H](C)O)C(C)C. The molecule has 11 atom stereocenters. The number of aliphatic imine (C=N–C) groups is 1. The second-order valence-corrected chi connectivity index (χ2v) is 20.6. The van der Waals surface area contributed by atoms with E-state index < -0.39 is 138 Å². The van der Waals surface area contributed by atoms with Crippen LogP contribution in [0.2, 0.25) is 0 Å². The van der Waals surface area contributed by atoms with Crippen LogP contribution in [0.25, 0.3) is 0 Å². The number of aliphatic carboxylic acids is 1. The van der Waals surface area contributed by atoms with Crippen molar-refractivity contribution in [3.8, 4) is 5.75 Å². The van der Waals surface area contributed by atoms with Crippen LogP contribution in [0, 0.1) is 23.7 Å². The van der Waals surface area contributed by atoms with Gasteiger partial charge in [-0.15, -0.1) is 0 Å². The van der Waals surface area contributed by atoms with E-state index in [1.165, 1.54) is 32.9 Å². The molecule has 0 fully saturated rings. The monoisotopic (exact) mass is 1100 g/mol. The van der Waals surface area contributed by atoms with Gasteiger partial charge in [0.1, 0.15) is 54.1 Å². The van der Waals surface area contributed by atoms with Crippen LogP contribution in [-0.2, 0) is 56.0 Å². The minimum Gasteiger partial charge on any atom is -0.508 e. The summed E-state index contributed by atoms with van der Waals surface area (Å²) in [5.41, 5.74) is 18.7. The Morgan fingerprint density at radius 1 is 0.551 bits per heavy atom. The molecule has 2 rings (SSSR count). The minimum absolute atomic E-state index is 0.0380. The number of carboxylic acids is 1. The Hall–Kier alpha value is -7.38. The number of aliphatic hydroxyl groups excluding tert-OH is 2. The van der Waals surface area contributed by atoms with Crippen LogP contribution >= 0.6 is 0 Å². The zero-order chi connectivity index (χ0) is 59.0. The number of hydrogen-bond donors (Lipinski definition) is 15. The average Bonchev–Trinajstić information content (AvgIpc) is 3.37. The Balaban J connectivity index is 2.43. The van der Waals surface area contributed by atoms with Crippen LogP contribution in [0.1, 0.15) is 99.1 Å². The summed E-state index contributed by atoms with van der Waals surface area (Å²) in [6.07, 6.45) is -0.936. The molecule has 0 spiro atoms. The zero-order valence-electron chi connectivity index (χ0n) is 46.1. The Kier molecular flexibility index (Phi) is 28.3. The molecule has 0 aliphatic carbocycles. The number of amides is 8. The largest absolute Gasteiger partial charge is 0.508 e. The lowest BCUT2D eigenvalue weighted by Crippen LogP contribution is -2.63. The lowest BCUT2D eigenvalue weighted by atomic mass is 9.95. The van der Waals surface area contributed by atoms with Gasteiger partial charge in [0.2, 0.25) is 47.3 Å². The number of aliphatic hydroxyl groups is 2. The molecule has 18 N–H and O–H groups in total. The molecule has 2 aromatic carbocycles. The van der Waals surface area contributed by atoms with Gasteiger partial charge in [-0.05, 0) is 79.5 Å². The lowest BCUT2D eigenvalue weighted by Gasteiger charge is -2.31. The fourth-order valence-electron chi connectivity index (χ4n) is 7.94. The fraction of sp³-hybridized carbons (Fsp3) is 0.585. The first-order valence-electron chi connectivity index (χ1n) is 26.2. The molecule has 0 radical (unpaired) electrons. The van der Waals surface area contributed by atoms with E-state index in [1.54, 1.807) is 70.2 Å². The van der Waals surface area contributed by atoms with Gasteiger partial charge in [0, 0.05) is 13.0 Å². The molecule has 8 amide bonds. The summed E-state index contributed by atoms with van der Waals surface area (Å²) in [6, 6.07) is 2.45. The van der Waals surface area contributed by atoms with E-state index in [0.717, 1.165) is 0 Å². The predicted octanol–water partition coefficient (Wildman–Crippen LogP) is -1.70. The number of carbonyl (C=O) groups excluding carboxylic acids is 8. The third-order valence-corrected chi connectivity index (χ3v) is 12.7. The number of phenolic OH excluding ortho intramolecular Hbond substituents is 1. The number of nitrogens with zero attached hydrogens (tertiary/aromatic N) is 1. The van der Waals surface area contributed by atoms with E-state index in [1.807, 2.05) is 13.8 Å². The molecular weight excluding hydrogens is 1010 g/mol. The number of phenols is 1. The number of carboxylic acid groups (broad SMARTS) is 1. The number of aromatic hydroxyl groups is 1. The standard InChI is InChI=1S/C53H84N12O13/c1-10-30(8)42(50(75)62-40(28(4)5)49(74)61-39(26-66)48(73)65-43(31(9)67)51(76)63-41(29(6)7)52(77)78)64-45(70)36(17-14-22-57-53(55)56)58-47(72)38(25-32-15-12-11-13-16-32)60-46(71)37(23-27(2)3)59-44(69)35(54)24-33-18-20-34(68)21-19-33/h11-13,15-16,18-21,27-31,35-43,66-68H,10,14,17,22-26,54H2,1-9H3,(H,58,72)(H,59,69)(H,60,71)(H,61,74)(H,62,75)(H,63,76)(H,64,70)(H,65,73)(H,77,78)(H4,55,56,57)/t30-,31+,35-,36-,37-,38-,39-,40-,41-,42-,43-/m0/s1. The van der Waals surface area contributed by atoms with Gasteiger partial charge in [0.05, 0.1) is 18.8 Å². The topological polar surface area (TPSA) is 421 Å². The molecule has 0 saturated carbocycles. The van der Waals surface area contributed by atoms with Crippen LogP contribution in [0.15, 0.2) is 59.6 Å². The molecule has 0 heterocycles. The first-order valence-corrected chi connectivity index (χ1v) is 26.2. The highest BCUT2D eigenvalue weighted by molar-refractivity contribution is 5.98. The highest BCUT2D eigenvalue weighted by Gasteiger charge is 2.38. The second-order valence-electron chi connectivity index (χ2n) is 20.6. The second kappa shape index (κ2) is 33.0. The summed E-state index contributed by atoms with van der Waals surface area (Å²) in [4.78, 5) is 127. The van der Waals surface area contributed by atoms with Crippen molar-refractivity contribution in [3.63, 3.8) is 0 Å². The Labute approximate surface area is 455 Å². The van der Waals surface area contributed by atoms with Crippen LogP contribution < -0.4 is 59.7 Å². The summed E-state index contributed by atoms with van der Waals surface area (Å²) in [5.74, 6) is -10.4. The highest BCUT2D eigenvalue weighted by atomic mass is 16.4. The molecule has 0 bridgehead atoms. The van der Waals surface area contributed by atoms with E-state index in [-0.39, 0.29) is 56.3 Å². The number of carbonyl (C=O) groups is 9. The molecule has 0 aromatic heterocycles. The maximum Gasteiger partial charge on any atom is 0.326 e. The van der Waals surface area contributed by atoms with Gasteiger partial charge >= 0.3 is 5.97 Å². The summed E-state index contributed by atoms with van der Waals surface area (Å²) >= 11 is 0. The first kappa shape index (κ1) is 66.7. The Morgan fingerprint density at radius 2 is 1.01 bits per heavy atom. The summed E-state index contributed by atoms with van der Waals surface area (Å²) < 4.78 is 0. The van der Waals surface area contributed by atoms with E-state index in [0.29, 0.717) is 17.5 Å². The first-order chi connectivity index (χ1) is 36.6. The Morgan fingerprint density at radius 3 is 1.54 bits per heavy atom. The third kappa shape index (κ3) is 22.7. The molecule has 0 unspecified atom stereocenters.